The highest BCUT2D eigenvalue weighted by Crippen LogP contribution is 2.31. The first-order chi connectivity index (χ1) is 11.9. The predicted molar refractivity (Wildman–Crippen MR) is 102 cm³/mol. The third-order valence-electron chi connectivity index (χ3n) is 5.41. The van der Waals surface area contributed by atoms with Crippen LogP contribution in [0.4, 0.5) is 0 Å². The number of sulfonamides is 1. The lowest BCUT2D eigenvalue weighted by Gasteiger charge is -2.26. The summed E-state index contributed by atoms with van der Waals surface area (Å²) in [5.41, 5.74) is 0.164. The second kappa shape index (κ2) is 7.26. The maximum atomic E-state index is 11.1. The maximum absolute atomic E-state index is 11.1. The third-order valence-corrected chi connectivity index (χ3v) is 7.44. The summed E-state index contributed by atoms with van der Waals surface area (Å²) in [6, 6.07) is 5.99. The molecule has 0 saturated carbocycles. The number of halogens is 2. The second-order valence-corrected chi connectivity index (χ2v) is 10.1. The molecule has 0 N–H and O–H groups in total. The average molecular weight is 496 g/mol. The van der Waals surface area contributed by atoms with Crippen LogP contribution >= 0.6 is 31.9 Å². The molecule has 0 aliphatic carbocycles. The van der Waals surface area contributed by atoms with Crippen molar-refractivity contribution < 1.29 is 22.5 Å². The van der Waals surface area contributed by atoms with Gasteiger partial charge >= 0.3 is 0 Å². The Bertz CT molecular complexity index is 755. The van der Waals surface area contributed by atoms with E-state index in [1.807, 2.05) is 0 Å². The second-order valence-electron chi connectivity index (χ2n) is 6.91. The molecule has 0 atom stereocenters. The number of nitrogens with zero attached hydrogens (tertiary/aromatic N) is 3. The molecule has 138 valence electrons. The first-order valence-electron chi connectivity index (χ1n) is 8.29. The lowest BCUT2D eigenvalue weighted by Crippen LogP contribution is -2.48. The van der Waals surface area contributed by atoms with Crippen LogP contribution in [0.25, 0.3) is 0 Å². The van der Waals surface area contributed by atoms with Crippen LogP contribution < -0.4 is 5.11 Å². The fraction of sp³-hybridized carbons (Fsp3) is 0.562. The van der Waals surface area contributed by atoms with Crippen LogP contribution in [0.15, 0.2) is 33.6 Å². The summed E-state index contributed by atoms with van der Waals surface area (Å²) in [5.74, 6) is -0.675. The number of rotatable bonds is 4. The minimum absolute atomic E-state index is 0.00926. The molecule has 1 aromatic carbocycles. The van der Waals surface area contributed by atoms with Gasteiger partial charge in [0.05, 0.1) is 28.6 Å². The van der Waals surface area contributed by atoms with Crippen molar-refractivity contribution >= 4 is 47.8 Å². The molecule has 25 heavy (non-hydrogen) atoms. The molecule has 0 radical (unpaired) electrons. The van der Waals surface area contributed by atoms with E-state index < -0.39 is 15.9 Å². The van der Waals surface area contributed by atoms with Crippen LogP contribution in [0, 0.1) is 0 Å². The molecular weight excluding hydrogens is 474 g/mol. The number of quaternary nitrogens is 2. The van der Waals surface area contributed by atoms with Gasteiger partial charge < -0.3 is 5.11 Å². The van der Waals surface area contributed by atoms with Gasteiger partial charge in [-0.3, -0.25) is 8.97 Å². The standard InChI is InChI=1S/C9H18Br2N2.C7H5NO3S/c10-1-3-12-5-7-13(9-12,4-2-11)8-6-12;9-7-5-3-1-2-4-6(5)12(10,11)8-7/h1-9H2;1-4H,(H,8,9)/q+2;/p-1. The number of fused-ring (bicyclic) bond motifs is 3. The number of hydrogen-bond donors (Lipinski definition) is 0. The molecule has 1 aromatic rings. The summed E-state index contributed by atoms with van der Waals surface area (Å²) in [6.45, 7) is 9.73. The zero-order chi connectivity index (χ0) is 18.1. The van der Waals surface area contributed by atoms with E-state index in [9.17, 15) is 13.5 Å². The Balaban J connectivity index is 0.000000146. The smallest absolute Gasteiger partial charge is 0.282 e. The van der Waals surface area contributed by atoms with Crippen LogP contribution in [0.3, 0.4) is 0 Å². The molecule has 3 aliphatic rings. The normalized spacial score (nSPS) is 31.2. The summed E-state index contributed by atoms with van der Waals surface area (Å²) < 4.78 is 27.9. The molecule has 2 bridgehead atoms. The SMILES string of the molecule is BrCC[N+]12CC[N+](CCBr)(CC1)C2.O=S1(=O)N=C([O-])c2ccccc21. The fourth-order valence-corrected chi connectivity index (χ4v) is 6.62. The van der Waals surface area contributed by atoms with Crippen LogP contribution in [0.5, 0.6) is 0 Å². The summed E-state index contributed by atoms with van der Waals surface area (Å²) >= 11 is 7.16. The minimum atomic E-state index is -3.68. The summed E-state index contributed by atoms with van der Waals surface area (Å²) in [5, 5.41) is 13.3. The van der Waals surface area contributed by atoms with E-state index in [4.69, 9.17) is 0 Å². The summed E-state index contributed by atoms with van der Waals surface area (Å²) in [7, 11) is -3.68. The van der Waals surface area contributed by atoms with Crippen LogP contribution in [0.2, 0.25) is 0 Å². The van der Waals surface area contributed by atoms with E-state index in [0.29, 0.717) is 0 Å². The van der Waals surface area contributed by atoms with Crippen LogP contribution in [-0.4, -0.2) is 79.9 Å². The number of hydrogen-bond acceptors (Lipinski definition) is 3. The fourth-order valence-electron chi connectivity index (χ4n) is 4.01. The molecule has 9 heteroatoms. The van der Waals surface area contributed by atoms with E-state index >= 15 is 0 Å². The van der Waals surface area contributed by atoms with Gasteiger partial charge in [-0.05, 0) is 6.07 Å². The van der Waals surface area contributed by atoms with E-state index in [1.165, 1.54) is 77.7 Å². The van der Waals surface area contributed by atoms with E-state index in [-0.39, 0.29) is 10.5 Å². The monoisotopic (exact) mass is 494 g/mol. The Morgan fingerprint density at radius 2 is 1.52 bits per heavy atom. The van der Waals surface area contributed by atoms with Gasteiger partial charge in [0.25, 0.3) is 10.0 Å². The van der Waals surface area contributed by atoms with Gasteiger partial charge in [0, 0.05) is 11.5 Å². The molecule has 2 fully saturated rings. The van der Waals surface area contributed by atoms with Gasteiger partial charge in [-0.25, -0.2) is 0 Å². The van der Waals surface area contributed by atoms with Crippen LogP contribution in [-0.2, 0) is 10.0 Å². The number of benzene rings is 1. The van der Waals surface area contributed by atoms with Gasteiger partial charge in [0.1, 0.15) is 26.2 Å². The van der Waals surface area contributed by atoms with Crippen molar-refractivity contribution in [1.29, 1.82) is 0 Å². The lowest BCUT2D eigenvalue weighted by atomic mass is 10.2. The van der Waals surface area contributed by atoms with Crippen LogP contribution in [0.1, 0.15) is 5.56 Å². The summed E-state index contributed by atoms with van der Waals surface area (Å²) in [4.78, 5) is 0.00926. The Morgan fingerprint density at radius 3 is 2.00 bits per heavy atom. The first-order valence-corrected chi connectivity index (χ1v) is 12.0. The molecule has 0 amide bonds. The lowest BCUT2D eigenvalue weighted by molar-refractivity contribution is -0.985. The Labute approximate surface area is 165 Å². The highest BCUT2D eigenvalue weighted by Gasteiger charge is 2.54. The van der Waals surface area contributed by atoms with Gasteiger partial charge in [0.15, 0.2) is 0 Å². The summed E-state index contributed by atoms with van der Waals surface area (Å²) in [6.07, 6.45) is 0. The van der Waals surface area contributed by atoms with Crippen molar-refractivity contribution in [3.63, 3.8) is 0 Å². The van der Waals surface area contributed by atoms with Gasteiger partial charge in [-0.2, -0.15) is 12.8 Å². The Morgan fingerprint density at radius 1 is 1.00 bits per heavy atom. The molecule has 4 rings (SSSR count). The van der Waals surface area contributed by atoms with Crippen molar-refractivity contribution in [2.24, 2.45) is 4.40 Å². The van der Waals surface area contributed by atoms with Crippen molar-refractivity contribution in [2.45, 2.75) is 4.90 Å². The molecular formula is C16H22Br2N3O3S+. The van der Waals surface area contributed by atoms with Gasteiger partial charge in [-0.15, -0.1) is 0 Å². The third kappa shape index (κ3) is 3.80. The molecule has 6 nitrogen and oxygen atoms in total. The average Bonchev–Trinajstić information content (AvgIpc) is 3.18. The predicted octanol–water partition coefficient (Wildman–Crippen LogP) is 0.890. The molecule has 3 aliphatic heterocycles. The van der Waals surface area contributed by atoms with E-state index in [2.05, 4.69) is 36.3 Å². The molecule has 0 unspecified atom stereocenters. The highest BCUT2D eigenvalue weighted by molar-refractivity contribution is 9.09. The van der Waals surface area contributed by atoms with Crippen molar-refractivity contribution in [3.8, 4) is 0 Å². The molecule has 0 spiro atoms. The van der Waals surface area contributed by atoms with Crippen molar-refractivity contribution in [2.75, 3.05) is 56.6 Å². The Hall–Kier alpha value is -0.480. The quantitative estimate of drug-likeness (QED) is 0.460. The van der Waals surface area contributed by atoms with E-state index in [1.54, 1.807) is 12.1 Å². The van der Waals surface area contributed by atoms with Gasteiger partial charge in [0.2, 0.25) is 6.67 Å². The maximum Gasteiger partial charge on any atom is 0.282 e. The van der Waals surface area contributed by atoms with Gasteiger partial charge in [-0.1, -0.05) is 50.1 Å². The largest absolute Gasteiger partial charge is 0.858 e. The van der Waals surface area contributed by atoms with Crippen molar-refractivity contribution in [1.82, 2.24) is 0 Å². The first kappa shape index (κ1) is 19.3. The zero-order valence-electron chi connectivity index (χ0n) is 13.9. The molecule has 2 saturated heterocycles. The number of piperazine rings is 1. The topological polar surface area (TPSA) is 69.6 Å². The Kier molecular flexibility index (Phi) is 5.60. The van der Waals surface area contributed by atoms with E-state index in [0.717, 1.165) is 0 Å². The zero-order valence-corrected chi connectivity index (χ0v) is 17.9. The molecule has 3 heterocycles. The highest BCUT2D eigenvalue weighted by atomic mass is 79.9. The minimum Gasteiger partial charge on any atom is -0.858 e. The van der Waals surface area contributed by atoms with Crippen molar-refractivity contribution in [3.05, 3.63) is 29.8 Å². The molecule has 0 aromatic heterocycles. The number of alkyl halides is 2.